The van der Waals surface area contributed by atoms with Crippen LogP contribution in [0.5, 0.6) is 0 Å². The average Bonchev–Trinajstić information content (AvgIpc) is 2.94. The lowest BCUT2D eigenvalue weighted by molar-refractivity contribution is -0.0597. The van der Waals surface area contributed by atoms with Crippen LogP contribution in [0.2, 0.25) is 0 Å². The maximum absolute atomic E-state index is 3.59. The van der Waals surface area contributed by atoms with Gasteiger partial charge in [-0.3, -0.25) is 4.90 Å². The molecule has 4 fully saturated rings. The Morgan fingerprint density at radius 2 is 1.89 bits per heavy atom. The second kappa shape index (κ2) is 4.21. The lowest BCUT2D eigenvalue weighted by Gasteiger charge is -2.57. The summed E-state index contributed by atoms with van der Waals surface area (Å²) in [5.74, 6) is 1.91. The van der Waals surface area contributed by atoms with Gasteiger partial charge in [-0.1, -0.05) is 19.3 Å². The van der Waals surface area contributed by atoms with Crippen molar-refractivity contribution in [3.8, 4) is 0 Å². The molecule has 0 aromatic rings. The van der Waals surface area contributed by atoms with E-state index in [0.29, 0.717) is 0 Å². The Kier molecular flexibility index (Phi) is 2.74. The van der Waals surface area contributed by atoms with E-state index in [-0.39, 0.29) is 0 Å². The Morgan fingerprint density at radius 3 is 2.56 bits per heavy atom. The van der Waals surface area contributed by atoms with Crippen LogP contribution in [0.25, 0.3) is 0 Å². The van der Waals surface area contributed by atoms with Crippen molar-refractivity contribution in [1.29, 1.82) is 0 Å². The summed E-state index contributed by atoms with van der Waals surface area (Å²) in [6.45, 7) is 6.46. The maximum Gasteiger partial charge on any atom is 0.0155 e. The first kappa shape index (κ1) is 11.7. The Hall–Kier alpha value is -0.0800. The van der Waals surface area contributed by atoms with E-state index in [1.165, 1.54) is 64.6 Å². The van der Waals surface area contributed by atoms with Gasteiger partial charge < -0.3 is 5.32 Å². The number of nitrogens with zero attached hydrogens (tertiary/aromatic N) is 1. The average molecular weight is 248 g/mol. The molecular weight excluding hydrogens is 220 g/mol. The molecule has 1 spiro atoms. The van der Waals surface area contributed by atoms with Gasteiger partial charge in [-0.15, -0.1) is 0 Å². The molecule has 2 saturated carbocycles. The highest BCUT2D eigenvalue weighted by molar-refractivity contribution is 5.08. The summed E-state index contributed by atoms with van der Waals surface area (Å²) in [7, 11) is 0. The number of hydrogen-bond acceptors (Lipinski definition) is 2. The van der Waals surface area contributed by atoms with Crippen molar-refractivity contribution in [2.24, 2.45) is 17.3 Å². The molecule has 2 aliphatic heterocycles. The fraction of sp³-hybridized carbons (Fsp3) is 1.00. The van der Waals surface area contributed by atoms with E-state index >= 15 is 0 Å². The highest BCUT2D eigenvalue weighted by Crippen LogP contribution is 2.55. The minimum atomic E-state index is 0.762. The lowest BCUT2D eigenvalue weighted by atomic mass is 9.56. The molecule has 4 atom stereocenters. The van der Waals surface area contributed by atoms with Crippen LogP contribution in [-0.4, -0.2) is 36.6 Å². The molecule has 0 bridgehead atoms. The second-order valence-corrected chi connectivity index (χ2v) is 7.50. The Balaban J connectivity index is 1.50. The van der Waals surface area contributed by atoms with E-state index in [4.69, 9.17) is 0 Å². The molecule has 4 rings (SSSR count). The summed E-state index contributed by atoms with van der Waals surface area (Å²) in [6, 6.07) is 1.80. The first-order valence-electron chi connectivity index (χ1n) is 8.27. The highest BCUT2D eigenvalue weighted by Gasteiger charge is 2.54. The smallest absolute Gasteiger partial charge is 0.0155 e. The molecule has 2 heteroatoms. The van der Waals surface area contributed by atoms with Crippen LogP contribution in [0.15, 0.2) is 0 Å². The van der Waals surface area contributed by atoms with Crippen LogP contribution in [0.1, 0.15) is 51.9 Å². The molecule has 2 aliphatic carbocycles. The van der Waals surface area contributed by atoms with Crippen molar-refractivity contribution in [3.05, 3.63) is 0 Å². The normalized spacial score (nSPS) is 47.2. The molecule has 0 radical (unpaired) electrons. The fourth-order valence-corrected chi connectivity index (χ4v) is 5.65. The van der Waals surface area contributed by atoms with Crippen LogP contribution in [0.3, 0.4) is 0 Å². The third-order valence-electron chi connectivity index (χ3n) is 6.85. The SMILES string of the molecule is CC1C2CNCC2CN1C1CCC12CCCCC2. The summed E-state index contributed by atoms with van der Waals surface area (Å²) in [5, 5.41) is 3.59. The van der Waals surface area contributed by atoms with E-state index < -0.39 is 0 Å². The van der Waals surface area contributed by atoms with Gasteiger partial charge in [0.2, 0.25) is 0 Å². The monoisotopic (exact) mass is 248 g/mol. The van der Waals surface area contributed by atoms with Gasteiger partial charge in [0, 0.05) is 18.6 Å². The second-order valence-electron chi connectivity index (χ2n) is 7.50. The van der Waals surface area contributed by atoms with Crippen molar-refractivity contribution >= 4 is 0 Å². The van der Waals surface area contributed by atoms with Crippen LogP contribution in [0.4, 0.5) is 0 Å². The zero-order valence-electron chi connectivity index (χ0n) is 11.8. The van der Waals surface area contributed by atoms with Crippen molar-refractivity contribution in [1.82, 2.24) is 10.2 Å². The maximum atomic E-state index is 3.59. The van der Waals surface area contributed by atoms with Gasteiger partial charge >= 0.3 is 0 Å². The number of rotatable bonds is 1. The Bertz CT molecular complexity index is 321. The molecule has 2 saturated heterocycles. The van der Waals surface area contributed by atoms with Crippen molar-refractivity contribution < 1.29 is 0 Å². The largest absolute Gasteiger partial charge is 0.316 e. The van der Waals surface area contributed by atoms with Crippen molar-refractivity contribution in [2.45, 2.75) is 64.0 Å². The van der Waals surface area contributed by atoms with E-state index in [2.05, 4.69) is 17.1 Å². The van der Waals surface area contributed by atoms with Crippen molar-refractivity contribution in [3.63, 3.8) is 0 Å². The molecule has 1 N–H and O–H groups in total. The molecule has 0 aromatic heterocycles. The van der Waals surface area contributed by atoms with Gasteiger partial charge in [0.05, 0.1) is 0 Å². The number of hydrogen-bond donors (Lipinski definition) is 1. The number of nitrogens with one attached hydrogen (secondary N) is 1. The minimum absolute atomic E-state index is 0.762. The first-order valence-corrected chi connectivity index (χ1v) is 8.27. The van der Waals surface area contributed by atoms with Crippen LogP contribution in [-0.2, 0) is 0 Å². The predicted molar refractivity (Wildman–Crippen MR) is 74.6 cm³/mol. The quantitative estimate of drug-likeness (QED) is 0.767. The van der Waals surface area contributed by atoms with Crippen LogP contribution >= 0.6 is 0 Å². The molecule has 102 valence electrons. The summed E-state index contributed by atoms with van der Waals surface area (Å²) in [6.07, 6.45) is 10.6. The van der Waals surface area contributed by atoms with Gasteiger partial charge in [0.25, 0.3) is 0 Å². The van der Waals surface area contributed by atoms with Gasteiger partial charge in [-0.2, -0.15) is 0 Å². The summed E-state index contributed by atoms with van der Waals surface area (Å²) in [5.41, 5.74) is 0.762. The Labute approximate surface area is 111 Å². The first-order chi connectivity index (χ1) is 8.80. The zero-order chi connectivity index (χ0) is 12.2. The van der Waals surface area contributed by atoms with Gasteiger partial charge in [-0.25, -0.2) is 0 Å². The molecule has 4 unspecified atom stereocenters. The highest BCUT2D eigenvalue weighted by atomic mass is 15.3. The van der Waals surface area contributed by atoms with Gasteiger partial charge in [0.15, 0.2) is 0 Å². The molecule has 4 aliphatic rings. The lowest BCUT2D eigenvalue weighted by Crippen LogP contribution is -2.57. The molecular formula is C16H28N2. The summed E-state index contributed by atoms with van der Waals surface area (Å²) >= 11 is 0. The minimum Gasteiger partial charge on any atom is -0.316 e. The topological polar surface area (TPSA) is 15.3 Å². The van der Waals surface area contributed by atoms with Gasteiger partial charge in [0.1, 0.15) is 0 Å². The third kappa shape index (κ3) is 1.54. The summed E-state index contributed by atoms with van der Waals surface area (Å²) < 4.78 is 0. The zero-order valence-corrected chi connectivity index (χ0v) is 11.8. The third-order valence-corrected chi connectivity index (χ3v) is 6.85. The molecule has 2 nitrogen and oxygen atoms in total. The van der Waals surface area contributed by atoms with Gasteiger partial charge in [-0.05, 0) is 62.9 Å². The number of fused-ring (bicyclic) bond motifs is 1. The van der Waals surface area contributed by atoms with E-state index in [9.17, 15) is 0 Å². The van der Waals surface area contributed by atoms with Crippen LogP contribution in [0, 0.1) is 17.3 Å². The molecule has 0 amide bonds. The number of likely N-dealkylation sites (tertiary alicyclic amines) is 1. The van der Waals surface area contributed by atoms with E-state index in [1.54, 1.807) is 0 Å². The Morgan fingerprint density at radius 1 is 1.06 bits per heavy atom. The van der Waals surface area contributed by atoms with E-state index in [1.807, 2.05) is 0 Å². The fourth-order valence-electron chi connectivity index (χ4n) is 5.65. The molecule has 0 aromatic carbocycles. The predicted octanol–water partition coefficient (Wildman–Crippen LogP) is 2.64. The molecule has 18 heavy (non-hydrogen) atoms. The van der Waals surface area contributed by atoms with E-state index in [0.717, 1.165) is 29.3 Å². The standard InChI is InChI=1S/C16H28N2/c1-12-14-10-17-9-13(14)11-18(12)15-5-8-16(15)6-3-2-4-7-16/h12-15,17H,2-11H2,1H3. The van der Waals surface area contributed by atoms with Crippen molar-refractivity contribution in [2.75, 3.05) is 19.6 Å². The van der Waals surface area contributed by atoms with Crippen LogP contribution < -0.4 is 5.32 Å². The summed E-state index contributed by atoms with van der Waals surface area (Å²) in [4.78, 5) is 2.94. The molecule has 2 heterocycles.